The normalized spacial score (nSPS) is 15.7. The topological polar surface area (TPSA) is 102 Å². The zero-order chi connectivity index (χ0) is 26.3. The van der Waals surface area contributed by atoms with Crippen molar-refractivity contribution in [2.45, 2.75) is 44.6 Å². The first kappa shape index (κ1) is 27.2. The smallest absolute Gasteiger partial charge is 0.352 e. The van der Waals surface area contributed by atoms with Gasteiger partial charge < -0.3 is 20.9 Å². The van der Waals surface area contributed by atoms with Crippen LogP contribution >= 0.6 is 0 Å². The number of piperidine rings is 1. The van der Waals surface area contributed by atoms with Gasteiger partial charge in [0.1, 0.15) is 0 Å². The van der Waals surface area contributed by atoms with Crippen LogP contribution < -0.4 is 16.0 Å². The molecule has 1 aliphatic heterocycles. The quantitative estimate of drug-likeness (QED) is 0.508. The number of hydrogen-bond acceptors (Lipinski definition) is 6. The summed E-state index contributed by atoms with van der Waals surface area (Å²) in [5.74, 6) is 0.0353. The molecule has 0 radical (unpaired) electrons. The molecule has 36 heavy (non-hydrogen) atoms. The molecule has 1 aromatic heterocycles. The standard InChI is InChI=1S/C24H32F3N7O2/c1-16(12-28-22-29-13-19(14-30-22)24(25,26)27)31-23(36)32-20-8-10-34(11-9-20)15-17-4-6-18(7-5-17)21(35)33(2)3/h4-7,13-14,16,20H,8-12,15H2,1-3H3,(H,28,29,30)(H2,31,32,36)/t16-/m1/s1. The van der Waals surface area contributed by atoms with Crippen molar-refractivity contribution >= 4 is 17.9 Å². The fraction of sp³-hybridized carbons (Fsp3) is 0.500. The second kappa shape index (κ2) is 12.0. The number of alkyl halides is 3. The van der Waals surface area contributed by atoms with Crippen molar-refractivity contribution in [1.29, 1.82) is 0 Å². The molecule has 3 amide bonds. The number of carbonyl (C=O) groups excluding carboxylic acids is 2. The number of halogens is 3. The van der Waals surface area contributed by atoms with Gasteiger partial charge in [0.2, 0.25) is 5.95 Å². The fourth-order valence-corrected chi connectivity index (χ4v) is 3.82. The number of aromatic nitrogens is 2. The van der Waals surface area contributed by atoms with Crippen LogP contribution in [-0.4, -0.2) is 77.5 Å². The van der Waals surface area contributed by atoms with Crippen LogP contribution in [-0.2, 0) is 12.7 Å². The van der Waals surface area contributed by atoms with Crippen LogP contribution in [0.3, 0.4) is 0 Å². The molecule has 0 unspecified atom stereocenters. The summed E-state index contributed by atoms with van der Waals surface area (Å²) in [6.07, 6.45) is -1.42. The largest absolute Gasteiger partial charge is 0.419 e. The van der Waals surface area contributed by atoms with Gasteiger partial charge in [-0.15, -0.1) is 0 Å². The van der Waals surface area contributed by atoms with Crippen molar-refractivity contribution in [2.75, 3.05) is 39.0 Å². The van der Waals surface area contributed by atoms with E-state index in [0.29, 0.717) is 18.0 Å². The monoisotopic (exact) mass is 507 g/mol. The highest BCUT2D eigenvalue weighted by Crippen LogP contribution is 2.28. The molecule has 196 valence electrons. The molecule has 0 aliphatic carbocycles. The van der Waals surface area contributed by atoms with Gasteiger partial charge in [-0.1, -0.05) is 12.1 Å². The summed E-state index contributed by atoms with van der Waals surface area (Å²) in [5.41, 5.74) is 0.876. The number of rotatable bonds is 8. The second-order valence-electron chi connectivity index (χ2n) is 9.14. The first-order chi connectivity index (χ1) is 17.0. The molecule has 0 saturated carbocycles. The molecule has 3 rings (SSSR count). The number of hydrogen-bond donors (Lipinski definition) is 3. The summed E-state index contributed by atoms with van der Waals surface area (Å²) in [4.78, 5) is 35.5. The number of nitrogens with one attached hydrogen (secondary N) is 3. The van der Waals surface area contributed by atoms with Crippen molar-refractivity contribution in [3.05, 3.63) is 53.3 Å². The van der Waals surface area contributed by atoms with E-state index in [4.69, 9.17) is 0 Å². The number of carbonyl (C=O) groups is 2. The van der Waals surface area contributed by atoms with Gasteiger partial charge in [0.05, 0.1) is 5.56 Å². The Morgan fingerprint density at radius 2 is 1.72 bits per heavy atom. The zero-order valence-electron chi connectivity index (χ0n) is 20.6. The van der Waals surface area contributed by atoms with Crippen LogP contribution in [0.2, 0.25) is 0 Å². The third-order valence-corrected chi connectivity index (χ3v) is 5.86. The second-order valence-corrected chi connectivity index (χ2v) is 9.14. The van der Waals surface area contributed by atoms with Crippen LogP contribution in [0.4, 0.5) is 23.9 Å². The lowest BCUT2D eigenvalue weighted by Gasteiger charge is -2.32. The maximum Gasteiger partial charge on any atom is 0.419 e. The molecule has 1 saturated heterocycles. The van der Waals surface area contributed by atoms with Crippen molar-refractivity contribution in [3.8, 4) is 0 Å². The first-order valence-electron chi connectivity index (χ1n) is 11.7. The lowest BCUT2D eigenvalue weighted by Crippen LogP contribution is -2.50. The van der Waals surface area contributed by atoms with E-state index in [0.717, 1.165) is 38.0 Å². The summed E-state index contributed by atoms with van der Waals surface area (Å²) < 4.78 is 37.7. The van der Waals surface area contributed by atoms with Gasteiger partial charge in [-0.2, -0.15) is 13.2 Å². The third kappa shape index (κ3) is 8.08. The van der Waals surface area contributed by atoms with Crippen molar-refractivity contribution in [3.63, 3.8) is 0 Å². The van der Waals surface area contributed by atoms with Crippen LogP contribution in [0.5, 0.6) is 0 Å². The summed E-state index contributed by atoms with van der Waals surface area (Å²) in [5, 5.41) is 8.61. The number of urea groups is 1. The molecule has 1 atom stereocenters. The predicted octanol–water partition coefficient (Wildman–Crippen LogP) is 2.96. The van der Waals surface area contributed by atoms with Gasteiger partial charge in [0, 0.05) is 70.3 Å². The lowest BCUT2D eigenvalue weighted by molar-refractivity contribution is -0.138. The van der Waals surface area contributed by atoms with E-state index in [9.17, 15) is 22.8 Å². The molecule has 3 N–H and O–H groups in total. The molecule has 1 fully saturated rings. The maximum absolute atomic E-state index is 12.6. The van der Waals surface area contributed by atoms with E-state index in [-0.39, 0.29) is 36.5 Å². The molecule has 1 aliphatic rings. The van der Waals surface area contributed by atoms with Gasteiger partial charge in [-0.05, 0) is 37.5 Å². The van der Waals surface area contributed by atoms with Gasteiger partial charge in [-0.3, -0.25) is 9.69 Å². The Hall–Kier alpha value is -3.41. The van der Waals surface area contributed by atoms with E-state index in [1.54, 1.807) is 25.9 Å². The zero-order valence-corrected chi connectivity index (χ0v) is 20.6. The highest BCUT2D eigenvalue weighted by Gasteiger charge is 2.31. The Kier molecular flexibility index (Phi) is 9.08. The first-order valence-corrected chi connectivity index (χ1v) is 11.7. The average molecular weight is 508 g/mol. The molecule has 0 spiro atoms. The number of benzene rings is 1. The molecular weight excluding hydrogens is 475 g/mol. The van der Waals surface area contributed by atoms with Crippen molar-refractivity contribution < 1.29 is 22.8 Å². The summed E-state index contributed by atoms with van der Waals surface area (Å²) in [7, 11) is 3.45. The average Bonchev–Trinajstić information content (AvgIpc) is 2.83. The number of nitrogens with zero attached hydrogens (tertiary/aromatic N) is 4. The number of amides is 3. The summed E-state index contributed by atoms with van der Waals surface area (Å²) in [6, 6.07) is 7.10. The molecular formula is C24H32F3N7O2. The molecule has 9 nitrogen and oxygen atoms in total. The van der Waals surface area contributed by atoms with Crippen LogP contribution in [0.15, 0.2) is 36.7 Å². The molecule has 1 aromatic carbocycles. The Morgan fingerprint density at radius 1 is 1.11 bits per heavy atom. The lowest BCUT2D eigenvalue weighted by atomic mass is 10.0. The van der Waals surface area contributed by atoms with Crippen molar-refractivity contribution in [2.24, 2.45) is 0 Å². The Labute approximate surface area is 208 Å². The maximum atomic E-state index is 12.6. The van der Waals surface area contributed by atoms with Crippen LogP contribution in [0, 0.1) is 0 Å². The highest BCUT2D eigenvalue weighted by molar-refractivity contribution is 5.93. The van der Waals surface area contributed by atoms with E-state index >= 15 is 0 Å². The van der Waals surface area contributed by atoms with Gasteiger partial charge in [-0.25, -0.2) is 14.8 Å². The molecule has 12 heteroatoms. The fourth-order valence-electron chi connectivity index (χ4n) is 3.82. The minimum absolute atomic E-state index is 0.0234. The Bertz CT molecular complexity index is 1010. The summed E-state index contributed by atoms with van der Waals surface area (Å²) >= 11 is 0. The third-order valence-electron chi connectivity index (χ3n) is 5.86. The van der Waals surface area contributed by atoms with Crippen LogP contribution in [0.1, 0.15) is 41.3 Å². The molecule has 2 aromatic rings. The van der Waals surface area contributed by atoms with E-state index in [2.05, 4.69) is 30.8 Å². The Balaban J connectivity index is 1.35. The van der Waals surface area contributed by atoms with E-state index in [1.165, 1.54) is 0 Å². The predicted molar refractivity (Wildman–Crippen MR) is 129 cm³/mol. The molecule has 2 heterocycles. The van der Waals surface area contributed by atoms with E-state index < -0.39 is 11.7 Å². The summed E-state index contributed by atoms with van der Waals surface area (Å²) in [6.45, 7) is 4.49. The highest BCUT2D eigenvalue weighted by atomic mass is 19.4. The van der Waals surface area contributed by atoms with Crippen LogP contribution in [0.25, 0.3) is 0 Å². The van der Waals surface area contributed by atoms with Gasteiger partial charge in [0.25, 0.3) is 5.91 Å². The van der Waals surface area contributed by atoms with Gasteiger partial charge in [0.15, 0.2) is 0 Å². The number of likely N-dealkylation sites (tertiary alicyclic amines) is 1. The SMILES string of the molecule is C[C@H](CNc1ncc(C(F)(F)F)cn1)NC(=O)NC1CCN(Cc2ccc(C(=O)N(C)C)cc2)CC1. The molecule has 0 bridgehead atoms. The number of anilines is 1. The van der Waals surface area contributed by atoms with E-state index in [1.807, 2.05) is 24.3 Å². The minimum atomic E-state index is -4.49. The van der Waals surface area contributed by atoms with Crippen molar-refractivity contribution in [1.82, 2.24) is 30.4 Å². The Morgan fingerprint density at radius 3 is 2.28 bits per heavy atom. The minimum Gasteiger partial charge on any atom is -0.352 e. The van der Waals surface area contributed by atoms with Gasteiger partial charge >= 0.3 is 12.2 Å².